The van der Waals surface area contributed by atoms with Crippen molar-refractivity contribution < 1.29 is 183 Å². The van der Waals surface area contributed by atoms with Crippen molar-refractivity contribution in [2.45, 2.75) is 215 Å². The molecule has 0 spiro atoms. The van der Waals surface area contributed by atoms with E-state index in [-0.39, 0.29) is 0 Å². The Morgan fingerprint density at radius 3 is 0.617 bits per heavy atom. The van der Waals surface area contributed by atoms with Gasteiger partial charge in [-0.15, -0.1) is 0 Å². The minimum absolute atomic E-state index is 1.06. The van der Waals surface area contributed by atoms with Gasteiger partial charge in [0.15, 0.2) is 44.0 Å². The van der Waals surface area contributed by atoms with Crippen LogP contribution >= 0.6 is 0 Å². The van der Waals surface area contributed by atoms with Crippen LogP contribution in [0.3, 0.4) is 0 Å². The molecule has 0 aromatic heterocycles. The van der Waals surface area contributed by atoms with E-state index < -0.39 is 274 Å². The Morgan fingerprint density at radius 1 is 0.259 bits per heavy atom. The van der Waals surface area contributed by atoms with Gasteiger partial charge < -0.3 is 178 Å². The predicted molar refractivity (Wildman–Crippen MR) is 240 cm³/mol. The number of rotatable bonds is 10. The fraction of sp³-hybridized carbons (Fsp3) is 0.977. The van der Waals surface area contributed by atoms with Gasteiger partial charge in [0.05, 0.1) is 46.2 Å². The second-order valence-electron chi connectivity index (χ2n) is 20.3. The molecule has 37 heteroatoms. The number of fused-ring (bicyclic) bond motifs is 7. The molecular formula is C44H72O37. The van der Waals surface area contributed by atoms with Crippen molar-refractivity contribution in [2.75, 3.05) is 52.9 Å². The van der Waals surface area contributed by atoms with Crippen molar-refractivity contribution in [3.63, 3.8) is 0 Å². The number of carbonyl (C=O) groups is 1. The van der Waals surface area contributed by atoms with E-state index >= 15 is 0 Å². The zero-order valence-electron chi connectivity index (χ0n) is 42.3. The fourth-order valence-corrected chi connectivity index (χ4v) is 10.7. The molecule has 0 aromatic carbocycles. The highest BCUT2D eigenvalue weighted by Crippen LogP contribution is 2.39. The van der Waals surface area contributed by atoms with Crippen molar-refractivity contribution in [3.8, 4) is 0 Å². The van der Waals surface area contributed by atoms with Crippen molar-refractivity contribution >= 4 is 5.97 Å². The van der Waals surface area contributed by atoms with Gasteiger partial charge in [0, 0.05) is 0 Å². The lowest BCUT2D eigenvalue weighted by Crippen LogP contribution is -2.68. The Morgan fingerprint density at radius 2 is 0.432 bits per heavy atom. The number of carboxylic acid groups (broad SMARTS) is 1. The maximum absolute atomic E-state index is 11.8. The van der Waals surface area contributed by atoms with Gasteiger partial charge in [-0.1, -0.05) is 0 Å². The highest BCUT2D eigenvalue weighted by Gasteiger charge is 2.60. The Bertz CT molecular complexity index is 1960. The summed E-state index contributed by atoms with van der Waals surface area (Å²) in [5.74, 6) is -1.63. The molecule has 15 rings (SSSR count). The SMILES string of the molecule is O=C(O)CO[C@H]1[C@H]2O[C@H]3[C@@H](O)[C@H](O)[C@@H](O[C@H]4[C@@H](O)[C@H](O)[C@@H](O[C@H]5[C@@H](O)[C@@H](O)[C@@H](O[C@H]6[C@H](O)[C@@H](O)[C@@H](O[C@H]7[C@H](O)[C@@H](O)[C@@H](O[C@H]8[C@H](O)[C@@H](O)[C@@H](O[C@@H]([C@@H]1O)[C@@H](CO)O2)O[C@@H]8CO)O[C@@H]7CO)O[C@@H]6CO)O[C@@H]5CO)O[C@@H]4CO)O[C@@H]3CO. The molecule has 37 nitrogen and oxygen atoms in total. The monoisotopic (exact) mass is 1190 g/mol. The average Bonchev–Trinajstić information content (AvgIpc) is 3.66. The molecule has 35 atom stereocenters. The van der Waals surface area contributed by atoms with E-state index in [0.29, 0.717) is 0 Å². The molecule has 81 heavy (non-hydrogen) atoms. The molecule has 0 saturated carbocycles. The van der Waals surface area contributed by atoms with Crippen LogP contribution < -0.4 is 0 Å². The lowest BCUT2D eigenvalue weighted by Gasteiger charge is -2.50. The van der Waals surface area contributed by atoms with E-state index in [0.717, 1.165) is 0 Å². The molecule has 0 aliphatic carbocycles. The summed E-state index contributed by atoms with van der Waals surface area (Å²) in [5.41, 5.74) is 0. The van der Waals surface area contributed by atoms with Crippen LogP contribution in [0.25, 0.3) is 0 Å². The van der Waals surface area contributed by atoms with E-state index in [9.17, 15) is 112 Å². The highest BCUT2D eigenvalue weighted by atomic mass is 16.8. The quantitative estimate of drug-likeness (QED) is 0.0966. The zero-order chi connectivity index (χ0) is 59.0. The number of hydrogen-bond acceptors (Lipinski definition) is 36. The molecular weight excluding hydrogens is 1120 g/mol. The fourth-order valence-electron chi connectivity index (χ4n) is 10.7. The summed E-state index contributed by atoms with van der Waals surface area (Å²) < 4.78 is 85.5. The van der Waals surface area contributed by atoms with Crippen LogP contribution in [0.15, 0.2) is 0 Å². The van der Waals surface area contributed by atoms with Crippen LogP contribution in [-0.2, 0) is 75.8 Å². The Hall–Kier alpha value is -1.93. The molecule has 0 amide bonds. The smallest absolute Gasteiger partial charge is 0.329 e. The standard InChI is InChI=1S/C44H72O37/c45-1-9-30-17(54)23(60)39(68-9)76-32-11(3-47)70-41(25(62)19(32)56)78-34-13(5-49)72-43(27(64)21(34)58)80-36-15(7-51)74-44(37(29(36)66)67-8-16(52)53)81-35-14(6-50)73-42(28(65)22(35)59)79-33-12(4-48)71-40(26(63)20(33)57)77-31-10(2-46)69-38(75-30)24(61)18(31)55/h9-15,17-51,54-66H,1-8H2,(H,52,53)/t9-,10-,11-,12-,13-,14-,15-,17-,18+,19-,20+,21-,22+,23-,24-,25-,26+,27-,28+,29+,30-,31-,32-,33-,34-,35-,36-,37-,38-,39-,40-,41-,42-,43-,44-/m1/s1. The van der Waals surface area contributed by atoms with Crippen molar-refractivity contribution in [1.29, 1.82) is 0 Å². The van der Waals surface area contributed by atoms with Crippen molar-refractivity contribution in [1.82, 2.24) is 0 Å². The zero-order valence-corrected chi connectivity index (χ0v) is 42.3. The van der Waals surface area contributed by atoms with Crippen molar-refractivity contribution in [3.05, 3.63) is 0 Å². The number of carboxylic acids is 1. The van der Waals surface area contributed by atoms with Crippen LogP contribution in [0.4, 0.5) is 0 Å². The van der Waals surface area contributed by atoms with E-state index in [1.165, 1.54) is 0 Å². The van der Waals surface area contributed by atoms with Gasteiger partial charge in [-0.05, 0) is 0 Å². The van der Waals surface area contributed by atoms with E-state index in [1.54, 1.807) is 0 Å². The topological polar surface area (TPSA) is 580 Å². The molecule has 15 fully saturated rings. The molecule has 14 bridgehead atoms. The maximum Gasteiger partial charge on any atom is 0.329 e. The number of ether oxygens (including phenoxy) is 15. The van der Waals surface area contributed by atoms with Gasteiger partial charge in [0.1, 0.15) is 178 Å². The molecule has 0 unspecified atom stereocenters. The number of aliphatic hydroxyl groups is 20. The summed E-state index contributed by atoms with van der Waals surface area (Å²) in [7, 11) is 0. The maximum atomic E-state index is 11.8. The summed E-state index contributed by atoms with van der Waals surface area (Å²) in [6.07, 6.45) is -71.4. The van der Waals surface area contributed by atoms with Gasteiger partial charge in [-0.25, -0.2) is 4.79 Å². The van der Waals surface area contributed by atoms with E-state index in [4.69, 9.17) is 71.1 Å². The van der Waals surface area contributed by atoms with Crippen molar-refractivity contribution in [2.24, 2.45) is 0 Å². The Kier molecular flexibility index (Phi) is 22.4. The summed E-state index contributed by atoms with van der Waals surface area (Å²) in [4.78, 5) is 11.7. The number of hydrogen-bond donors (Lipinski definition) is 21. The first kappa shape index (κ1) is 65.1. The lowest BCUT2D eigenvalue weighted by atomic mass is 9.95. The van der Waals surface area contributed by atoms with Gasteiger partial charge in [0.25, 0.3) is 0 Å². The second kappa shape index (κ2) is 27.8. The van der Waals surface area contributed by atoms with E-state index in [2.05, 4.69) is 0 Å². The largest absolute Gasteiger partial charge is 0.480 e. The van der Waals surface area contributed by atoms with Crippen LogP contribution in [0, 0.1) is 0 Å². The molecule has 15 aliphatic rings. The molecule has 0 aromatic rings. The molecule has 470 valence electrons. The number of aliphatic hydroxyl groups excluding tert-OH is 20. The minimum atomic E-state index is -2.27. The van der Waals surface area contributed by atoms with Crippen LogP contribution in [0.1, 0.15) is 0 Å². The summed E-state index contributed by atoms with van der Waals surface area (Å²) in [5, 5.41) is 230. The Balaban J connectivity index is 1.10. The first-order valence-corrected chi connectivity index (χ1v) is 25.7. The molecule has 15 heterocycles. The normalized spacial score (nSPS) is 53.2. The summed E-state index contributed by atoms with van der Waals surface area (Å²) >= 11 is 0. The van der Waals surface area contributed by atoms with Gasteiger partial charge in [-0.2, -0.15) is 0 Å². The third-order valence-electron chi connectivity index (χ3n) is 15.2. The lowest BCUT2D eigenvalue weighted by molar-refractivity contribution is -0.398. The second-order valence-corrected chi connectivity index (χ2v) is 20.3. The Labute approximate surface area is 456 Å². The summed E-state index contributed by atoms with van der Waals surface area (Å²) in [6.45, 7) is -8.76. The van der Waals surface area contributed by atoms with Crippen LogP contribution in [0.5, 0.6) is 0 Å². The minimum Gasteiger partial charge on any atom is -0.480 e. The first-order valence-electron chi connectivity index (χ1n) is 25.7. The van der Waals surface area contributed by atoms with Gasteiger partial charge >= 0.3 is 5.97 Å². The first-order chi connectivity index (χ1) is 38.5. The predicted octanol–water partition coefficient (Wildman–Crippen LogP) is -15.1. The molecule has 15 aliphatic heterocycles. The molecule has 21 N–H and O–H groups in total. The van der Waals surface area contributed by atoms with Crippen LogP contribution in [-0.4, -0.2) is 381 Å². The molecule has 15 saturated heterocycles. The highest BCUT2D eigenvalue weighted by molar-refractivity contribution is 5.68. The third kappa shape index (κ3) is 13.2. The van der Waals surface area contributed by atoms with Crippen LogP contribution in [0.2, 0.25) is 0 Å². The summed E-state index contributed by atoms with van der Waals surface area (Å²) in [6, 6.07) is 0. The molecule has 0 radical (unpaired) electrons. The average molecular weight is 1190 g/mol. The van der Waals surface area contributed by atoms with Gasteiger partial charge in [0.2, 0.25) is 0 Å². The third-order valence-corrected chi connectivity index (χ3v) is 15.2. The van der Waals surface area contributed by atoms with Gasteiger partial charge in [-0.3, -0.25) is 0 Å². The van der Waals surface area contributed by atoms with E-state index in [1.807, 2.05) is 0 Å². The number of aliphatic carboxylic acids is 1.